The smallest absolute Gasteiger partial charge is 0.306 e. The molecule has 0 saturated heterocycles. The fourth-order valence-corrected chi connectivity index (χ4v) is 9.18. The van der Waals surface area contributed by atoms with Crippen molar-refractivity contribution < 1.29 is 28.6 Å². The molecule has 0 aliphatic carbocycles. The van der Waals surface area contributed by atoms with E-state index in [0.29, 0.717) is 19.3 Å². The molecule has 0 aromatic heterocycles. The first-order valence-corrected chi connectivity index (χ1v) is 31.9. The molecule has 0 amide bonds. The van der Waals surface area contributed by atoms with Gasteiger partial charge in [0.2, 0.25) is 0 Å². The van der Waals surface area contributed by atoms with Gasteiger partial charge in [-0.1, -0.05) is 293 Å². The van der Waals surface area contributed by atoms with Crippen molar-refractivity contribution in [2.75, 3.05) is 13.2 Å². The zero-order valence-corrected chi connectivity index (χ0v) is 49.1. The molecule has 1 unspecified atom stereocenters. The summed E-state index contributed by atoms with van der Waals surface area (Å²) in [5.74, 6) is -0.887. The summed E-state index contributed by atoms with van der Waals surface area (Å²) in [6, 6.07) is 0. The van der Waals surface area contributed by atoms with Gasteiger partial charge in [-0.3, -0.25) is 14.4 Å². The normalized spacial score (nSPS) is 12.5. The molecule has 0 aromatic rings. The number of esters is 3. The molecule has 6 nitrogen and oxygen atoms in total. The molecule has 0 aliphatic rings. The molecule has 428 valence electrons. The molecule has 1 atom stereocenters. The lowest BCUT2D eigenvalue weighted by Crippen LogP contribution is -2.30. The molecule has 0 spiro atoms. The molecule has 0 heterocycles. The number of carbonyl (C=O) groups is 3. The fraction of sp³-hybridized carbons (Fsp3) is 0.779. The molecule has 0 radical (unpaired) electrons. The van der Waals surface area contributed by atoms with Crippen molar-refractivity contribution >= 4 is 17.9 Å². The molecule has 74 heavy (non-hydrogen) atoms. The van der Waals surface area contributed by atoms with Crippen LogP contribution < -0.4 is 0 Å². The number of carbonyl (C=O) groups excluding carboxylic acids is 3. The molecule has 0 saturated carbocycles. The quantitative estimate of drug-likeness (QED) is 0.0261. The largest absolute Gasteiger partial charge is 0.462 e. The number of unbranched alkanes of at least 4 members (excludes halogenated alkanes) is 35. The minimum absolute atomic E-state index is 0.0809. The number of allylic oxidation sites excluding steroid dienone is 12. The highest BCUT2D eigenvalue weighted by molar-refractivity contribution is 5.71. The van der Waals surface area contributed by atoms with Crippen molar-refractivity contribution in [2.45, 2.75) is 329 Å². The third-order valence-electron chi connectivity index (χ3n) is 13.9. The SMILES string of the molecule is CC/C=C\C/C=C\C/C=C\C/C=C\C/C=C\CCCCCCCCCC(=O)OCC(COC(=O)CCCCCCC/C=C\CCC)OC(=O)CCCCCCCCCCCCCCCCCCCCCCCCC. The van der Waals surface area contributed by atoms with Crippen molar-refractivity contribution in [3.05, 3.63) is 72.9 Å². The zero-order chi connectivity index (χ0) is 53.6. The Kier molecular flexibility index (Phi) is 59.7. The van der Waals surface area contributed by atoms with Gasteiger partial charge in [0, 0.05) is 19.3 Å². The van der Waals surface area contributed by atoms with Crippen LogP contribution in [0.1, 0.15) is 323 Å². The molecular weight excluding hydrogens is 913 g/mol. The highest BCUT2D eigenvalue weighted by Crippen LogP contribution is 2.17. The van der Waals surface area contributed by atoms with Gasteiger partial charge < -0.3 is 14.2 Å². The molecule has 0 N–H and O–H groups in total. The van der Waals surface area contributed by atoms with Gasteiger partial charge >= 0.3 is 17.9 Å². The number of rotatable bonds is 58. The van der Waals surface area contributed by atoms with Gasteiger partial charge in [0.05, 0.1) is 0 Å². The second-order valence-electron chi connectivity index (χ2n) is 21.3. The van der Waals surface area contributed by atoms with Crippen LogP contribution in [0.15, 0.2) is 72.9 Å². The van der Waals surface area contributed by atoms with E-state index in [1.54, 1.807) is 0 Å². The second kappa shape index (κ2) is 62.4. The summed E-state index contributed by atoms with van der Waals surface area (Å²) >= 11 is 0. The molecule has 0 aliphatic heterocycles. The maximum Gasteiger partial charge on any atom is 0.306 e. The van der Waals surface area contributed by atoms with E-state index in [1.165, 1.54) is 173 Å². The standard InChI is InChI=1S/C68H120O6/c1-4-7-10-13-16-19-22-24-26-28-30-32-34-36-38-40-42-44-46-49-52-55-58-61-67(70)73-64-65(63-72-66(69)60-57-54-51-48-21-18-15-12-9-6-3)74-68(71)62-59-56-53-50-47-45-43-41-39-37-35-33-31-29-27-25-23-20-17-14-11-8-5-2/h7,10,12,15-16,19,24,26,30,32,36,38,65H,4-6,8-9,11,13-14,17-18,20-23,25,27-29,31,33-35,37,39-64H2,1-3H3/b10-7-,15-12-,19-16-,26-24-,32-30-,38-36-. The molecule has 0 rings (SSSR count). The van der Waals surface area contributed by atoms with Gasteiger partial charge in [-0.15, -0.1) is 0 Å². The van der Waals surface area contributed by atoms with Crippen LogP contribution in [0.25, 0.3) is 0 Å². The Hall–Kier alpha value is -3.15. The third kappa shape index (κ3) is 59.7. The Labute approximate surface area is 459 Å². The summed E-state index contributed by atoms with van der Waals surface area (Å²) in [5, 5.41) is 0. The van der Waals surface area contributed by atoms with Gasteiger partial charge in [0.15, 0.2) is 6.10 Å². The lowest BCUT2D eigenvalue weighted by Gasteiger charge is -2.18. The first-order valence-electron chi connectivity index (χ1n) is 31.9. The Morgan fingerprint density at radius 3 is 0.892 bits per heavy atom. The van der Waals surface area contributed by atoms with Crippen LogP contribution in [0.2, 0.25) is 0 Å². The molecule has 0 bridgehead atoms. The summed E-state index contributed by atoms with van der Waals surface area (Å²) < 4.78 is 16.9. The molecular formula is C68H120O6. The van der Waals surface area contributed by atoms with E-state index in [1.807, 2.05) is 0 Å². The summed E-state index contributed by atoms with van der Waals surface area (Å²) in [6.45, 7) is 6.49. The van der Waals surface area contributed by atoms with E-state index in [-0.39, 0.29) is 31.1 Å². The lowest BCUT2D eigenvalue weighted by molar-refractivity contribution is -0.167. The topological polar surface area (TPSA) is 78.9 Å². The Morgan fingerprint density at radius 1 is 0.284 bits per heavy atom. The first-order chi connectivity index (χ1) is 36.5. The Balaban J connectivity index is 4.25. The van der Waals surface area contributed by atoms with E-state index in [0.717, 1.165) is 109 Å². The average Bonchev–Trinajstić information content (AvgIpc) is 3.40. The molecule has 0 aromatic carbocycles. The maximum absolute atomic E-state index is 12.9. The van der Waals surface area contributed by atoms with E-state index in [9.17, 15) is 14.4 Å². The maximum atomic E-state index is 12.9. The van der Waals surface area contributed by atoms with Crippen molar-refractivity contribution in [2.24, 2.45) is 0 Å². The fourth-order valence-electron chi connectivity index (χ4n) is 9.18. The van der Waals surface area contributed by atoms with Crippen LogP contribution in [0.4, 0.5) is 0 Å². The first kappa shape index (κ1) is 70.8. The van der Waals surface area contributed by atoms with Gasteiger partial charge in [-0.05, 0) is 83.5 Å². The van der Waals surface area contributed by atoms with Crippen LogP contribution >= 0.6 is 0 Å². The Morgan fingerprint density at radius 2 is 0.554 bits per heavy atom. The Bertz CT molecular complexity index is 1370. The van der Waals surface area contributed by atoms with Crippen LogP contribution in [0.5, 0.6) is 0 Å². The summed E-state index contributed by atoms with van der Waals surface area (Å²) in [7, 11) is 0. The predicted octanol–water partition coefficient (Wildman–Crippen LogP) is 21.7. The van der Waals surface area contributed by atoms with E-state index in [2.05, 4.69) is 93.7 Å². The van der Waals surface area contributed by atoms with Crippen LogP contribution in [-0.2, 0) is 28.6 Å². The minimum Gasteiger partial charge on any atom is -0.462 e. The van der Waals surface area contributed by atoms with Crippen LogP contribution in [0, 0.1) is 0 Å². The molecule has 0 fully saturated rings. The minimum atomic E-state index is -0.782. The summed E-state index contributed by atoms with van der Waals surface area (Å²) in [6.07, 6.45) is 80.6. The number of ether oxygens (including phenoxy) is 3. The molecule has 6 heteroatoms. The van der Waals surface area contributed by atoms with E-state index in [4.69, 9.17) is 14.2 Å². The van der Waals surface area contributed by atoms with E-state index >= 15 is 0 Å². The van der Waals surface area contributed by atoms with Crippen LogP contribution in [0.3, 0.4) is 0 Å². The summed E-state index contributed by atoms with van der Waals surface area (Å²) in [4.78, 5) is 38.2. The average molecular weight is 1030 g/mol. The zero-order valence-electron chi connectivity index (χ0n) is 49.1. The number of hydrogen-bond donors (Lipinski definition) is 0. The van der Waals surface area contributed by atoms with Gasteiger partial charge in [-0.2, -0.15) is 0 Å². The third-order valence-corrected chi connectivity index (χ3v) is 13.9. The van der Waals surface area contributed by atoms with Crippen LogP contribution in [-0.4, -0.2) is 37.2 Å². The van der Waals surface area contributed by atoms with Gasteiger partial charge in [0.25, 0.3) is 0 Å². The monoisotopic (exact) mass is 1030 g/mol. The highest BCUT2D eigenvalue weighted by Gasteiger charge is 2.19. The number of hydrogen-bond acceptors (Lipinski definition) is 6. The van der Waals surface area contributed by atoms with E-state index < -0.39 is 6.10 Å². The second-order valence-corrected chi connectivity index (χ2v) is 21.3. The highest BCUT2D eigenvalue weighted by atomic mass is 16.6. The predicted molar refractivity (Wildman–Crippen MR) is 321 cm³/mol. The summed E-state index contributed by atoms with van der Waals surface area (Å²) in [5.41, 5.74) is 0. The lowest BCUT2D eigenvalue weighted by atomic mass is 10.0. The van der Waals surface area contributed by atoms with Gasteiger partial charge in [0.1, 0.15) is 13.2 Å². The van der Waals surface area contributed by atoms with Crippen molar-refractivity contribution in [3.8, 4) is 0 Å². The van der Waals surface area contributed by atoms with Crippen molar-refractivity contribution in [1.29, 1.82) is 0 Å². The van der Waals surface area contributed by atoms with Crippen molar-refractivity contribution in [3.63, 3.8) is 0 Å². The van der Waals surface area contributed by atoms with Crippen molar-refractivity contribution in [1.82, 2.24) is 0 Å². The van der Waals surface area contributed by atoms with Gasteiger partial charge in [-0.25, -0.2) is 0 Å².